The Morgan fingerprint density at radius 3 is 2.05 bits per heavy atom. The molecule has 0 unspecified atom stereocenters. The lowest BCUT2D eigenvalue weighted by Crippen LogP contribution is -2.08. The second kappa shape index (κ2) is 17.6. The van der Waals surface area contributed by atoms with Crippen LogP contribution in [0.2, 0.25) is 0 Å². The maximum atomic E-state index is 12.5. The van der Waals surface area contributed by atoms with E-state index in [2.05, 4.69) is 41.7 Å². The molecule has 7 rings (SSSR count). The van der Waals surface area contributed by atoms with Crippen LogP contribution in [0.3, 0.4) is 0 Å². The monoisotopic (exact) mass is 909 g/mol. The first-order chi connectivity index (χ1) is 29.9. The zero-order chi connectivity index (χ0) is 45.1. The van der Waals surface area contributed by atoms with Gasteiger partial charge in [-0.05, 0) is 85.1 Å². The van der Waals surface area contributed by atoms with Gasteiger partial charge in [0, 0.05) is 11.6 Å². The quantitative estimate of drug-likeness (QED) is 0.0449. The maximum Gasteiger partial charge on any atom is 0.296 e. The van der Waals surface area contributed by atoms with Crippen molar-refractivity contribution in [3.63, 3.8) is 0 Å². The van der Waals surface area contributed by atoms with Gasteiger partial charge in [0.2, 0.25) is 5.88 Å². The molecule has 0 radical (unpaired) electrons. The maximum absolute atomic E-state index is 12.5. The SMILES string of the molecule is Cc1cc(N=Nc2c(-c3ccccc3)c(C#N)c3nc4ccccc4n3c2O)c(OCCCS(=O)(=O)O)cc1N=Nc1ccc(N=Nc2ccc(S(=O)(=O)O)cc2)cc1S(=O)(=O)O. The molecule has 7 aromatic rings. The average Bonchev–Trinajstić information content (AvgIpc) is 3.63. The van der Waals surface area contributed by atoms with Gasteiger partial charge in [0.25, 0.3) is 30.4 Å². The van der Waals surface area contributed by atoms with Crippen molar-refractivity contribution in [1.29, 1.82) is 5.26 Å². The summed E-state index contributed by atoms with van der Waals surface area (Å²) in [6.45, 7) is 1.36. The smallest absolute Gasteiger partial charge is 0.296 e. The number of nitrogens with zero attached hydrogens (tertiary/aromatic N) is 9. The number of azo groups is 3. The van der Waals surface area contributed by atoms with E-state index in [9.17, 15) is 49.3 Å². The van der Waals surface area contributed by atoms with E-state index < -0.39 is 41.0 Å². The van der Waals surface area contributed by atoms with Gasteiger partial charge in [-0.2, -0.15) is 45.9 Å². The molecule has 0 fully saturated rings. The summed E-state index contributed by atoms with van der Waals surface area (Å²) in [6.07, 6.45) is -0.147. The van der Waals surface area contributed by atoms with E-state index in [1.165, 1.54) is 40.8 Å². The number of hydrogen-bond acceptors (Lipinski definition) is 16. The predicted molar refractivity (Wildman–Crippen MR) is 227 cm³/mol. The third kappa shape index (κ3) is 9.92. The lowest BCUT2D eigenvalue weighted by Gasteiger charge is -2.13. The van der Waals surface area contributed by atoms with Gasteiger partial charge in [0.15, 0.2) is 11.3 Å². The number of rotatable bonds is 14. The van der Waals surface area contributed by atoms with Crippen LogP contribution in [0, 0.1) is 18.3 Å². The highest BCUT2D eigenvalue weighted by molar-refractivity contribution is 7.86. The minimum Gasteiger partial charge on any atom is -0.493 e. The number of imidazole rings is 1. The Bertz CT molecular complexity index is 3410. The molecule has 5 aromatic carbocycles. The molecule has 0 saturated carbocycles. The van der Waals surface area contributed by atoms with Crippen LogP contribution >= 0.6 is 0 Å². The van der Waals surface area contributed by atoms with Crippen LogP contribution in [0.5, 0.6) is 11.6 Å². The highest BCUT2D eigenvalue weighted by Crippen LogP contribution is 2.45. The van der Waals surface area contributed by atoms with E-state index in [4.69, 9.17) is 4.74 Å². The van der Waals surface area contributed by atoms with Crippen molar-refractivity contribution in [2.45, 2.75) is 23.1 Å². The van der Waals surface area contributed by atoms with Crippen molar-refractivity contribution >= 4 is 81.2 Å². The van der Waals surface area contributed by atoms with Gasteiger partial charge in [-0.15, -0.1) is 15.3 Å². The molecule has 0 aliphatic carbocycles. The minimum absolute atomic E-state index is 0.0283. The van der Waals surface area contributed by atoms with E-state index in [-0.39, 0.29) is 80.5 Å². The second-order valence-corrected chi connectivity index (χ2v) is 17.8. The summed E-state index contributed by atoms with van der Waals surface area (Å²) in [6, 6.07) is 28.9. The number of aromatic hydroxyl groups is 1. The number of aromatic nitrogens is 2. The van der Waals surface area contributed by atoms with Gasteiger partial charge in [-0.25, -0.2) is 4.98 Å². The number of para-hydroxylation sites is 2. The van der Waals surface area contributed by atoms with E-state index in [1.807, 2.05) is 0 Å². The lowest BCUT2D eigenvalue weighted by molar-refractivity contribution is 0.317. The molecule has 0 atom stereocenters. The van der Waals surface area contributed by atoms with Crippen LogP contribution < -0.4 is 4.74 Å². The molecule has 0 amide bonds. The number of aryl methyl sites for hydroxylation is 1. The molecule has 0 aliphatic heterocycles. The van der Waals surface area contributed by atoms with Crippen LogP contribution in [0.1, 0.15) is 17.5 Å². The summed E-state index contributed by atoms with van der Waals surface area (Å²) in [7, 11) is -13.7. The van der Waals surface area contributed by atoms with Crippen LogP contribution in [-0.2, 0) is 30.4 Å². The summed E-state index contributed by atoms with van der Waals surface area (Å²) < 4.78 is 106. The molecule has 320 valence electrons. The molecule has 23 heteroatoms. The first-order valence-electron chi connectivity index (χ1n) is 18.2. The third-order valence-electron chi connectivity index (χ3n) is 9.11. The molecule has 20 nitrogen and oxygen atoms in total. The van der Waals surface area contributed by atoms with E-state index >= 15 is 0 Å². The summed E-state index contributed by atoms with van der Waals surface area (Å²) in [5.41, 5.74) is 2.28. The molecule has 2 heterocycles. The molecule has 63 heavy (non-hydrogen) atoms. The van der Waals surface area contributed by atoms with Crippen molar-refractivity contribution in [2.24, 2.45) is 30.7 Å². The van der Waals surface area contributed by atoms with E-state index in [1.54, 1.807) is 61.5 Å². The molecular weight excluding hydrogens is 879 g/mol. The molecule has 0 saturated heterocycles. The summed E-state index contributed by atoms with van der Waals surface area (Å²) in [4.78, 5) is 3.54. The van der Waals surface area contributed by atoms with Crippen LogP contribution in [0.15, 0.2) is 150 Å². The van der Waals surface area contributed by atoms with Gasteiger partial charge >= 0.3 is 0 Å². The fraction of sp³-hybridized carbons (Fsp3) is 0.100. The number of fused-ring (bicyclic) bond motifs is 3. The van der Waals surface area contributed by atoms with Crippen molar-refractivity contribution in [3.05, 3.63) is 120 Å². The van der Waals surface area contributed by atoms with Gasteiger partial charge in [0.1, 0.15) is 33.7 Å². The highest BCUT2D eigenvalue weighted by Gasteiger charge is 2.25. The zero-order valence-corrected chi connectivity index (χ0v) is 34.9. The number of benzene rings is 5. The van der Waals surface area contributed by atoms with Crippen molar-refractivity contribution in [1.82, 2.24) is 9.38 Å². The van der Waals surface area contributed by atoms with Crippen LogP contribution in [0.25, 0.3) is 27.8 Å². The Morgan fingerprint density at radius 2 is 1.37 bits per heavy atom. The Balaban J connectivity index is 1.28. The Labute approximate surface area is 358 Å². The van der Waals surface area contributed by atoms with Crippen LogP contribution in [0.4, 0.5) is 34.1 Å². The fourth-order valence-electron chi connectivity index (χ4n) is 6.20. The number of pyridine rings is 1. The van der Waals surface area contributed by atoms with Gasteiger partial charge in [-0.1, -0.05) is 42.5 Å². The van der Waals surface area contributed by atoms with Gasteiger partial charge in [-0.3, -0.25) is 18.1 Å². The lowest BCUT2D eigenvalue weighted by atomic mass is 9.99. The second-order valence-electron chi connectivity index (χ2n) is 13.5. The van der Waals surface area contributed by atoms with E-state index in [0.717, 1.165) is 18.2 Å². The summed E-state index contributed by atoms with van der Waals surface area (Å²) in [5.74, 6) is -1.03. The normalized spacial score (nSPS) is 12.6. The highest BCUT2D eigenvalue weighted by atomic mass is 32.2. The van der Waals surface area contributed by atoms with Crippen molar-refractivity contribution in [3.8, 4) is 28.8 Å². The standard InChI is InChI=1S/C40H31N9O11S3/c1-24-20-33(47-48-38-37(25-8-3-2-4-9-25)29(23-41)39-42-30-10-5-6-11-34(30)49(39)40(38)50)35(60-18-7-19-61(51,52)53)22-32(24)46-45-31-17-14-27(21-36(31)63(57,58)59)44-43-26-12-15-28(16-13-26)62(54,55)56/h2-6,8-17,20-22,50H,7,18-19H2,1H3,(H,51,52,53)(H,54,55,56)(H,57,58,59). The number of ether oxygens (including phenoxy) is 1. The predicted octanol–water partition coefficient (Wildman–Crippen LogP) is 9.44. The van der Waals surface area contributed by atoms with Crippen LogP contribution in [-0.4, -0.2) is 65.8 Å². The number of hydrogen-bond donors (Lipinski definition) is 4. The molecule has 0 bridgehead atoms. The minimum atomic E-state index is -4.92. The van der Waals surface area contributed by atoms with Gasteiger partial charge < -0.3 is 9.84 Å². The first-order valence-corrected chi connectivity index (χ1v) is 22.7. The Hall–Kier alpha value is -7.33. The molecular formula is C40H31N9O11S3. The topological polar surface area (TPSA) is 308 Å². The third-order valence-corrected chi connectivity index (χ3v) is 11.7. The summed E-state index contributed by atoms with van der Waals surface area (Å²) >= 11 is 0. The first kappa shape index (κ1) is 43.7. The molecule has 0 aliphatic rings. The fourth-order valence-corrected chi connectivity index (χ4v) is 7.80. The van der Waals surface area contributed by atoms with Gasteiger partial charge in [0.05, 0.1) is 45.4 Å². The Morgan fingerprint density at radius 1 is 0.714 bits per heavy atom. The molecule has 0 spiro atoms. The average molecular weight is 910 g/mol. The number of nitriles is 1. The van der Waals surface area contributed by atoms with Crippen molar-refractivity contribution in [2.75, 3.05) is 12.4 Å². The zero-order valence-electron chi connectivity index (χ0n) is 32.4. The summed E-state index contributed by atoms with van der Waals surface area (Å²) in [5, 5.41) is 47.2. The largest absolute Gasteiger partial charge is 0.493 e. The van der Waals surface area contributed by atoms with E-state index in [0.29, 0.717) is 22.2 Å². The molecule has 2 aromatic heterocycles. The van der Waals surface area contributed by atoms with Crippen molar-refractivity contribution < 1.29 is 48.8 Å². The Kier molecular flexibility index (Phi) is 12.2. The molecule has 4 N–H and O–H groups in total.